The third-order valence-electron chi connectivity index (χ3n) is 2.75. The predicted octanol–water partition coefficient (Wildman–Crippen LogP) is 3.08. The third-order valence-corrected chi connectivity index (χ3v) is 3.68. The van der Waals surface area contributed by atoms with Crippen LogP contribution in [0.5, 0.6) is 0 Å². The van der Waals surface area contributed by atoms with Crippen LogP contribution in [0.1, 0.15) is 28.5 Å². The molecule has 2 aromatic rings. The molecule has 0 aliphatic heterocycles. The van der Waals surface area contributed by atoms with E-state index in [2.05, 4.69) is 29.4 Å². The summed E-state index contributed by atoms with van der Waals surface area (Å²) >= 11 is 1.80. The van der Waals surface area contributed by atoms with Crippen LogP contribution in [-0.4, -0.2) is 4.98 Å². The maximum absolute atomic E-state index is 6.19. The number of hydrogen-bond acceptors (Lipinski definition) is 3. The van der Waals surface area contributed by atoms with Gasteiger partial charge in [-0.05, 0) is 48.4 Å². The lowest BCUT2D eigenvalue weighted by atomic mass is 10.00. The summed E-state index contributed by atoms with van der Waals surface area (Å²) in [6.07, 6.45) is 5.74. The molecule has 84 valence electrons. The first-order valence-electron chi connectivity index (χ1n) is 5.46. The molecule has 0 radical (unpaired) electrons. The summed E-state index contributed by atoms with van der Waals surface area (Å²) in [6.45, 7) is 2.06. The molecule has 0 aliphatic rings. The molecular formula is C13H16N2S. The average Bonchev–Trinajstić information content (AvgIpc) is 2.79. The van der Waals surface area contributed by atoms with Crippen molar-refractivity contribution in [2.45, 2.75) is 25.8 Å². The molecule has 1 atom stereocenters. The first kappa shape index (κ1) is 11.3. The number of nitrogens with zero attached hydrogens (tertiary/aromatic N) is 1. The highest BCUT2D eigenvalue weighted by Gasteiger charge is 2.08. The third kappa shape index (κ3) is 2.68. The van der Waals surface area contributed by atoms with Crippen LogP contribution in [0.3, 0.4) is 0 Å². The molecule has 0 fully saturated rings. The topological polar surface area (TPSA) is 38.9 Å². The number of thiophene rings is 1. The van der Waals surface area contributed by atoms with Gasteiger partial charge in [0.1, 0.15) is 0 Å². The van der Waals surface area contributed by atoms with Gasteiger partial charge in [-0.1, -0.05) is 6.07 Å². The summed E-state index contributed by atoms with van der Waals surface area (Å²) in [5.41, 5.74) is 8.59. The second-order valence-electron chi connectivity index (χ2n) is 3.96. The van der Waals surface area contributed by atoms with E-state index < -0.39 is 0 Å². The van der Waals surface area contributed by atoms with Crippen molar-refractivity contribution < 1.29 is 0 Å². The average molecular weight is 232 g/mol. The van der Waals surface area contributed by atoms with Gasteiger partial charge in [-0.3, -0.25) is 4.98 Å². The number of aromatic nitrogens is 1. The van der Waals surface area contributed by atoms with Crippen LogP contribution in [0, 0.1) is 6.92 Å². The molecule has 0 bridgehead atoms. The Hall–Kier alpha value is -1.19. The van der Waals surface area contributed by atoms with Crippen molar-refractivity contribution in [3.8, 4) is 0 Å². The summed E-state index contributed by atoms with van der Waals surface area (Å²) < 4.78 is 0. The fraction of sp³-hybridized carbons (Fsp3) is 0.308. The molecule has 0 saturated heterocycles. The van der Waals surface area contributed by atoms with E-state index in [1.54, 1.807) is 11.3 Å². The predicted molar refractivity (Wildman–Crippen MR) is 68.5 cm³/mol. The molecule has 0 amide bonds. The van der Waals surface area contributed by atoms with Crippen molar-refractivity contribution in [1.82, 2.24) is 4.98 Å². The van der Waals surface area contributed by atoms with Gasteiger partial charge in [0.15, 0.2) is 0 Å². The molecule has 2 heterocycles. The number of pyridine rings is 1. The van der Waals surface area contributed by atoms with Gasteiger partial charge in [-0.15, -0.1) is 11.3 Å². The van der Waals surface area contributed by atoms with Gasteiger partial charge in [0.2, 0.25) is 0 Å². The second kappa shape index (κ2) is 5.23. The minimum absolute atomic E-state index is 0.116. The van der Waals surface area contributed by atoms with E-state index in [0.29, 0.717) is 0 Å². The quantitative estimate of drug-likeness (QED) is 0.879. The Balaban J connectivity index is 1.98. The van der Waals surface area contributed by atoms with Gasteiger partial charge in [-0.2, -0.15) is 0 Å². The van der Waals surface area contributed by atoms with Gasteiger partial charge in [0.25, 0.3) is 0 Å². The van der Waals surface area contributed by atoms with Crippen molar-refractivity contribution in [1.29, 1.82) is 0 Å². The minimum Gasteiger partial charge on any atom is -0.324 e. The van der Waals surface area contributed by atoms with Crippen molar-refractivity contribution in [2.75, 3.05) is 0 Å². The SMILES string of the molecule is Cc1cnccc1C(N)CCc1cccs1. The zero-order valence-electron chi connectivity index (χ0n) is 9.39. The molecular weight excluding hydrogens is 216 g/mol. The van der Waals surface area contributed by atoms with Crippen LogP contribution < -0.4 is 5.73 Å². The smallest absolute Gasteiger partial charge is 0.0302 e. The van der Waals surface area contributed by atoms with Gasteiger partial charge in [0.05, 0.1) is 0 Å². The van der Waals surface area contributed by atoms with Crippen LogP contribution >= 0.6 is 11.3 Å². The van der Waals surface area contributed by atoms with E-state index >= 15 is 0 Å². The molecule has 2 nitrogen and oxygen atoms in total. The van der Waals surface area contributed by atoms with E-state index in [0.717, 1.165) is 12.8 Å². The van der Waals surface area contributed by atoms with Gasteiger partial charge < -0.3 is 5.73 Å². The summed E-state index contributed by atoms with van der Waals surface area (Å²) in [4.78, 5) is 5.49. The molecule has 0 aromatic carbocycles. The highest BCUT2D eigenvalue weighted by atomic mass is 32.1. The zero-order chi connectivity index (χ0) is 11.4. The molecule has 2 rings (SSSR count). The van der Waals surface area contributed by atoms with Crippen molar-refractivity contribution >= 4 is 11.3 Å². The van der Waals surface area contributed by atoms with E-state index in [9.17, 15) is 0 Å². The van der Waals surface area contributed by atoms with Crippen molar-refractivity contribution in [3.05, 3.63) is 52.0 Å². The number of aryl methyl sites for hydroxylation is 2. The standard InChI is InChI=1S/C13H16N2S/c1-10-9-15-7-6-12(10)13(14)5-4-11-3-2-8-16-11/h2-3,6-9,13H,4-5,14H2,1H3. The van der Waals surface area contributed by atoms with Crippen LogP contribution in [0.2, 0.25) is 0 Å². The lowest BCUT2D eigenvalue weighted by Gasteiger charge is -2.13. The molecule has 16 heavy (non-hydrogen) atoms. The summed E-state index contributed by atoms with van der Waals surface area (Å²) in [6, 6.07) is 6.39. The number of rotatable bonds is 4. The van der Waals surface area contributed by atoms with E-state index in [1.165, 1.54) is 16.0 Å². The monoisotopic (exact) mass is 232 g/mol. The molecule has 0 spiro atoms. The van der Waals surface area contributed by atoms with Gasteiger partial charge in [-0.25, -0.2) is 0 Å². The Morgan fingerprint density at radius 3 is 3.00 bits per heavy atom. The van der Waals surface area contributed by atoms with Gasteiger partial charge in [0, 0.05) is 23.3 Å². The van der Waals surface area contributed by atoms with Crippen molar-refractivity contribution in [2.24, 2.45) is 5.73 Å². The molecule has 2 aromatic heterocycles. The summed E-state index contributed by atoms with van der Waals surface area (Å²) in [5.74, 6) is 0. The van der Waals surface area contributed by atoms with E-state index in [-0.39, 0.29) is 6.04 Å². The minimum atomic E-state index is 0.116. The van der Waals surface area contributed by atoms with E-state index in [4.69, 9.17) is 5.73 Å². The van der Waals surface area contributed by atoms with Gasteiger partial charge >= 0.3 is 0 Å². The molecule has 1 unspecified atom stereocenters. The largest absolute Gasteiger partial charge is 0.324 e. The maximum Gasteiger partial charge on any atom is 0.0302 e. The first-order valence-corrected chi connectivity index (χ1v) is 6.34. The Labute approximate surface area is 100 Å². The Bertz CT molecular complexity index is 437. The Morgan fingerprint density at radius 2 is 2.31 bits per heavy atom. The Morgan fingerprint density at radius 1 is 1.44 bits per heavy atom. The Kier molecular flexibility index (Phi) is 3.70. The molecule has 0 saturated carbocycles. The lowest BCUT2D eigenvalue weighted by molar-refractivity contribution is 0.650. The molecule has 2 N–H and O–H groups in total. The maximum atomic E-state index is 6.19. The molecule has 3 heteroatoms. The summed E-state index contributed by atoms with van der Waals surface area (Å²) in [5, 5.41) is 2.11. The number of nitrogens with two attached hydrogens (primary N) is 1. The zero-order valence-corrected chi connectivity index (χ0v) is 10.2. The van der Waals surface area contributed by atoms with Crippen LogP contribution in [0.4, 0.5) is 0 Å². The molecule has 0 aliphatic carbocycles. The highest BCUT2D eigenvalue weighted by Crippen LogP contribution is 2.20. The van der Waals surface area contributed by atoms with Crippen LogP contribution in [0.25, 0.3) is 0 Å². The van der Waals surface area contributed by atoms with E-state index in [1.807, 2.05) is 18.5 Å². The first-order chi connectivity index (χ1) is 7.77. The van der Waals surface area contributed by atoms with Crippen molar-refractivity contribution in [3.63, 3.8) is 0 Å². The lowest BCUT2D eigenvalue weighted by Crippen LogP contribution is -2.12. The highest BCUT2D eigenvalue weighted by molar-refractivity contribution is 7.09. The van der Waals surface area contributed by atoms with Crippen LogP contribution in [-0.2, 0) is 6.42 Å². The second-order valence-corrected chi connectivity index (χ2v) is 4.99. The fourth-order valence-corrected chi connectivity index (χ4v) is 2.53. The normalized spacial score (nSPS) is 12.6. The number of hydrogen-bond donors (Lipinski definition) is 1. The van der Waals surface area contributed by atoms with Crippen LogP contribution in [0.15, 0.2) is 36.0 Å². The summed E-state index contributed by atoms with van der Waals surface area (Å²) in [7, 11) is 0. The fourth-order valence-electron chi connectivity index (χ4n) is 1.81.